The van der Waals surface area contributed by atoms with Crippen LogP contribution in [0.5, 0.6) is 0 Å². The number of aryl methyl sites for hydroxylation is 1. The molecule has 0 fully saturated rings. The fraction of sp³-hybridized carbons (Fsp3) is 0.300. The standard InChI is InChI=1S/C40H45N3O11SSi/c1-29-24-42(40(45)41-38(29)44)39(54-56(2,3)4)37(52-27-32-18-12-7-13-19-32)36(51-26-31-16-10-6-11-17-31)35(28-50-25-30-14-8-5-9-15-30)53-55(48,49)34-22-20-33(21-23-34)43(46)47/h5-24,35-37,39H,25-28H2,1-4H3,(H,41,44,45)/t35-,36+,37-,39+/m1/s1. The molecule has 4 atom stereocenters. The molecule has 4 aromatic carbocycles. The number of nitrogens with one attached hydrogen (secondary N) is 1. The second-order valence-electron chi connectivity index (χ2n) is 14.0. The van der Waals surface area contributed by atoms with Crippen LogP contribution in [0.4, 0.5) is 5.69 Å². The number of aromatic nitrogens is 2. The zero-order valence-electron chi connectivity index (χ0n) is 31.5. The van der Waals surface area contributed by atoms with Gasteiger partial charge in [-0.15, -0.1) is 0 Å². The van der Waals surface area contributed by atoms with Crippen LogP contribution in [-0.2, 0) is 52.8 Å². The van der Waals surface area contributed by atoms with E-state index in [1.807, 2.05) is 111 Å². The molecule has 16 heteroatoms. The summed E-state index contributed by atoms with van der Waals surface area (Å²) >= 11 is 0. The SMILES string of the molecule is Cc1cn([C@@H](O[Si](C)(C)C)[C@H](OCc2ccccc2)[C@@H](OCc2ccccc2)[C@@H](COCc2ccccc2)OS(=O)(=O)c2ccc([N+](=O)[O-])cc2)c(=O)[nH]c1=O. The number of non-ortho nitro benzene ring substituents is 1. The molecule has 296 valence electrons. The highest BCUT2D eigenvalue weighted by Crippen LogP contribution is 2.31. The van der Waals surface area contributed by atoms with E-state index in [9.17, 15) is 28.1 Å². The lowest BCUT2D eigenvalue weighted by molar-refractivity contribution is -0.384. The highest BCUT2D eigenvalue weighted by molar-refractivity contribution is 7.86. The highest BCUT2D eigenvalue weighted by atomic mass is 32.2. The largest absolute Gasteiger partial charge is 0.395 e. The lowest BCUT2D eigenvalue weighted by Crippen LogP contribution is -2.53. The first kappa shape index (κ1) is 42.1. The maximum absolute atomic E-state index is 14.1. The van der Waals surface area contributed by atoms with Gasteiger partial charge < -0.3 is 18.6 Å². The van der Waals surface area contributed by atoms with E-state index >= 15 is 0 Å². The van der Waals surface area contributed by atoms with Crippen molar-refractivity contribution in [3.05, 3.63) is 175 Å². The first-order valence-corrected chi connectivity index (χ1v) is 22.6. The van der Waals surface area contributed by atoms with Gasteiger partial charge >= 0.3 is 5.69 Å². The molecule has 0 saturated heterocycles. The summed E-state index contributed by atoms with van der Waals surface area (Å²) in [4.78, 5) is 38.9. The van der Waals surface area contributed by atoms with Gasteiger partial charge in [0.2, 0.25) is 0 Å². The van der Waals surface area contributed by atoms with Crippen LogP contribution in [0.3, 0.4) is 0 Å². The Morgan fingerprint density at radius 1 is 0.750 bits per heavy atom. The van der Waals surface area contributed by atoms with Crippen LogP contribution in [0.25, 0.3) is 0 Å². The van der Waals surface area contributed by atoms with E-state index in [-0.39, 0.29) is 42.6 Å². The summed E-state index contributed by atoms with van der Waals surface area (Å²) in [5, 5.41) is 11.4. The number of hydrogen-bond donors (Lipinski definition) is 1. The van der Waals surface area contributed by atoms with Crippen LogP contribution in [0.2, 0.25) is 19.6 Å². The van der Waals surface area contributed by atoms with Crippen molar-refractivity contribution < 1.29 is 36.2 Å². The molecule has 14 nitrogen and oxygen atoms in total. The van der Waals surface area contributed by atoms with E-state index < -0.39 is 59.1 Å². The summed E-state index contributed by atoms with van der Waals surface area (Å²) < 4.78 is 61.6. The molecule has 0 aliphatic carbocycles. The quantitative estimate of drug-likeness (QED) is 0.0406. The predicted octanol–water partition coefficient (Wildman–Crippen LogP) is 6.27. The van der Waals surface area contributed by atoms with E-state index in [0.717, 1.165) is 41.0 Å². The van der Waals surface area contributed by atoms with E-state index in [2.05, 4.69) is 4.98 Å². The van der Waals surface area contributed by atoms with Crippen molar-refractivity contribution in [3.8, 4) is 0 Å². The van der Waals surface area contributed by atoms with Crippen LogP contribution in [-0.4, -0.2) is 56.1 Å². The Morgan fingerprint density at radius 3 is 1.75 bits per heavy atom. The van der Waals surface area contributed by atoms with Crippen molar-refractivity contribution >= 4 is 24.1 Å². The van der Waals surface area contributed by atoms with Gasteiger partial charge in [0.05, 0.1) is 36.2 Å². The van der Waals surface area contributed by atoms with E-state index in [0.29, 0.717) is 0 Å². The van der Waals surface area contributed by atoms with Crippen LogP contribution >= 0.6 is 0 Å². The topological polar surface area (TPSA) is 178 Å². The number of aromatic amines is 1. The molecule has 0 bridgehead atoms. The first-order chi connectivity index (χ1) is 26.7. The molecule has 1 heterocycles. The summed E-state index contributed by atoms with van der Waals surface area (Å²) in [6.45, 7) is 6.92. The van der Waals surface area contributed by atoms with Crippen molar-refractivity contribution in [1.82, 2.24) is 9.55 Å². The van der Waals surface area contributed by atoms with Gasteiger partial charge in [-0.3, -0.25) is 28.6 Å². The Balaban J connectivity index is 1.67. The zero-order valence-corrected chi connectivity index (χ0v) is 33.3. The number of nitro benzene ring substituents is 1. The summed E-state index contributed by atoms with van der Waals surface area (Å²) in [5.41, 5.74) is 0.846. The molecule has 0 amide bonds. The third-order valence-corrected chi connectivity index (χ3v) is 10.7. The van der Waals surface area contributed by atoms with Gasteiger partial charge in [0.15, 0.2) is 14.5 Å². The molecule has 5 aromatic rings. The van der Waals surface area contributed by atoms with Gasteiger partial charge in [0.1, 0.15) is 18.3 Å². The number of rotatable bonds is 20. The van der Waals surface area contributed by atoms with E-state index in [4.69, 9.17) is 22.8 Å². The molecule has 0 radical (unpaired) electrons. The van der Waals surface area contributed by atoms with Crippen molar-refractivity contribution in [3.63, 3.8) is 0 Å². The van der Waals surface area contributed by atoms with Crippen LogP contribution < -0.4 is 11.2 Å². The molecule has 0 saturated carbocycles. The monoisotopic (exact) mass is 803 g/mol. The van der Waals surface area contributed by atoms with Crippen molar-refractivity contribution in [2.45, 2.75) is 75.8 Å². The number of ether oxygens (including phenoxy) is 3. The maximum atomic E-state index is 14.1. The minimum atomic E-state index is -4.66. The lowest BCUT2D eigenvalue weighted by Gasteiger charge is -2.39. The predicted molar refractivity (Wildman–Crippen MR) is 211 cm³/mol. The molecule has 1 N–H and O–H groups in total. The maximum Gasteiger partial charge on any atom is 0.330 e. The molecule has 0 spiro atoms. The Morgan fingerprint density at radius 2 is 1.25 bits per heavy atom. The van der Waals surface area contributed by atoms with Crippen LogP contribution in [0.1, 0.15) is 28.5 Å². The van der Waals surface area contributed by atoms with Gasteiger partial charge in [-0.1, -0.05) is 91.0 Å². The number of benzene rings is 4. The molecule has 56 heavy (non-hydrogen) atoms. The molecular formula is C40H45N3O11SSi. The molecule has 5 rings (SSSR count). The third-order valence-electron chi connectivity index (χ3n) is 8.42. The molecular weight excluding hydrogens is 759 g/mol. The summed E-state index contributed by atoms with van der Waals surface area (Å²) in [6, 6.07) is 31.9. The second kappa shape index (κ2) is 19.2. The fourth-order valence-corrected chi connectivity index (χ4v) is 7.75. The second-order valence-corrected chi connectivity index (χ2v) is 20.0. The fourth-order valence-electron chi connectivity index (χ4n) is 5.70. The highest BCUT2D eigenvalue weighted by Gasteiger charge is 2.43. The smallest absolute Gasteiger partial charge is 0.330 e. The number of nitrogens with zero attached hydrogens (tertiary/aromatic N) is 2. The van der Waals surface area contributed by atoms with Crippen molar-refractivity contribution in [1.29, 1.82) is 0 Å². The minimum Gasteiger partial charge on any atom is -0.395 e. The lowest BCUT2D eigenvalue weighted by atomic mass is 10.1. The van der Waals surface area contributed by atoms with Crippen molar-refractivity contribution in [2.75, 3.05) is 6.61 Å². The zero-order chi connectivity index (χ0) is 40.3. The van der Waals surface area contributed by atoms with E-state index in [1.165, 1.54) is 10.8 Å². The number of hydrogen-bond acceptors (Lipinski definition) is 11. The summed E-state index contributed by atoms with van der Waals surface area (Å²) in [5.74, 6) is 0. The van der Waals surface area contributed by atoms with Crippen LogP contribution in [0, 0.1) is 17.0 Å². The third kappa shape index (κ3) is 12.0. The molecule has 1 aromatic heterocycles. The van der Waals surface area contributed by atoms with Crippen molar-refractivity contribution in [2.24, 2.45) is 0 Å². The summed E-state index contributed by atoms with van der Waals surface area (Å²) in [6.07, 6.45) is -4.00. The Labute approximate surface area is 326 Å². The molecule has 0 aliphatic heterocycles. The number of nitro groups is 1. The Kier molecular flexibility index (Phi) is 14.4. The number of H-pyrrole nitrogens is 1. The molecule has 0 aliphatic rings. The van der Waals surface area contributed by atoms with E-state index in [1.54, 1.807) is 6.92 Å². The van der Waals surface area contributed by atoms with Crippen LogP contribution in [0.15, 0.2) is 136 Å². The van der Waals surface area contributed by atoms with Gasteiger partial charge in [-0.05, 0) is 55.4 Å². The average Bonchev–Trinajstić information content (AvgIpc) is 3.17. The average molecular weight is 804 g/mol. The Bertz CT molecular complexity index is 2250. The van der Waals surface area contributed by atoms with Gasteiger partial charge in [0.25, 0.3) is 21.4 Å². The first-order valence-electron chi connectivity index (χ1n) is 17.8. The Hall–Kier alpha value is -5.07. The normalized spacial score (nSPS) is 14.1. The summed E-state index contributed by atoms with van der Waals surface area (Å²) in [7, 11) is -7.27. The van der Waals surface area contributed by atoms with Gasteiger partial charge in [0, 0.05) is 23.9 Å². The van der Waals surface area contributed by atoms with Gasteiger partial charge in [-0.2, -0.15) is 8.42 Å². The molecule has 0 unspecified atom stereocenters. The van der Waals surface area contributed by atoms with Gasteiger partial charge in [-0.25, -0.2) is 4.79 Å². The minimum absolute atomic E-state index is 0.0218.